The topological polar surface area (TPSA) is 70.1 Å². The lowest BCUT2D eigenvalue weighted by atomic mass is 10.0. The van der Waals surface area contributed by atoms with Crippen molar-refractivity contribution >= 4 is 11.6 Å². The third kappa shape index (κ3) is 4.96. The molecule has 0 bridgehead atoms. The van der Waals surface area contributed by atoms with Crippen LogP contribution in [0.2, 0.25) is 0 Å². The van der Waals surface area contributed by atoms with E-state index in [0.717, 1.165) is 43.0 Å². The number of aliphatic hydroxyl groups is 1. The van der Waals surface area contributed by atoms with Crippen LogP contribution in [0.15, 0.2) is 6.33 Å². The molecular weight excluding hydrogens is 252 g/mol. The Labute approximate surface area is 122 Å². The number of anilines is 2. The summed E-state index contributed by atoms with van der Waals surface area (Å²) in [5.74, 6) is 2.18. The van der Waals surface area contributed by atoms with Gasteiger partial charge in [0, 0.05) is 24.8 Å². The van der Waals surface area contributed by atoms with Crippen molar-refractivity contribution in [2.75, 3.05) is 23.8 Å². The fourth-order valence-corrected chi connectivity index (χ4v) is 2.14. The molecule has 0 aliphatic carbocycles. The van der Waals surface area contributed by atoms with Crippen molar-refractivity contribution in [2.24, 2.45) is 0 Å². The van der Waals surface area contributed by atoms with Gasteiger partial charge in [-0.05, 0) is 32.1 Å². The molecular formula is C15H28N4O. The number of nitrogens with zero attached hydrogens (tertiary/aromatic N) is 2. The van der Waals surface area contributed by atoms with Crippen LogP contribution in [0.1, 0.15) is 58.4 Å². The molecule has 0 aliphatic rings. The Balaban J connectivity index is 2.88. The molecule has 0 radical (unpaired) electrons. The number of hydrogen-bond acceptors (Lipinski definition) is 5. The zero-order valence-corrected chi connectivity index (χ0v) is 13.1. The van der Waals surface area contributed by atoms with E-state index in [9.17, 15) is 0 Å². The molecule has 1 rings (SSSR count). The van der Waals surface area contributed by atoms with Gasteiger partial charge in [0.1, 0.15) is 18.0 Å². The largest absolute Gasteiger partial charge is 0.396 e. The van der Waals surface area contributed by atoms with Crippen molar-refractivity contribution in [1.29, 1.82) is 0 Å². The SMILES string of the molecule is CCCNc1ncnc(NC(C)CCCO)c1C(C)C. The van der Waals surface area contributed by atoms with Gasteiger partial charge in [-0.15, -0.1) is 0 Å². The second-order valence-electron chi connectivity index (χ2n) is 5.48. The predicted molar refractivity (Wildman–Crippen MR) is 84.3 cm³/mol. The molecule has 0 saturated heterocycles. The molecule has 0 aromatic carbocycles. The van der Waals surface area contributed by atoms with Crippen molar-refractivity contribution in [3.8, 4) is 0 Å². The molecule has 0 fully saturated rings. The zero-order chi connectivity index (χ0) is 15.0. The molecule has 0 saturated carbocycles. The number of aliphatic hydroxyl groups excluding tert-OH is 1. The Morgan fingerprint density at radius 1 is 1.20 bits per heavy atom. The van der Waals surface area contributed by atoms with E-state index in [0.29, 0.717) is 5.92 Å². The predicted octanol–water partition coefficient (Wildman–Crippen LogP) is 2.99. The molecule has 5 heteroatoms. The molecule has 1 aromatic heterocycles. The van der Waals surface area contributed by atoms with Crippen molar-refractivity contribution in [3.05, 3.63) is 11.9 Å². The molecule has 0 amide bonds. The van der Waals surface area contributed by atoms with Crippen molar-refractivity contribution < 1.29 is 5.11 Å². The summed E-state index contributed by atoms with van der Waals surface area (Å²) in [6, 6.07) is 0.286. The first-order chi connectivity index (χ1) is 9.60. The smallest absolute Gasteiger partial charge is 0.135 e. The minimum Gasteiger partial charge on any atom is -0.396 e. The normalized spacial score (nSPS) is 12.5. The van der Waals surface area contributed by atoms with Crippen LogP contribution in [-0.2, 0) is 0 Å². The van der Waals surface area contributed by atoms with Gasteiger partial charge in [0.25, 0.3) is 0 Å². The third-order valence-electron chi connectivity index (χ3n) is 3.18. The standard InChI is InChI=1S/C15H28N4O/c1-5-8-16-14-13(11(2)3)15(18-10-17-14)19-12(4)7-6-9-20/h10-12,20H,5-9H2,1-4H3,(H2,16,17,18,19). The average molecular weight is 280 g/mol. The van der Waals surface area contributed by atoms with Crippen molar-refractivity contribution in [2.45, 2.75) is 58.9 Å². The van der Waals surface area contributed by atoms with Gasteiger partial charge < -0.3 is 15.7 Å². The van der Waals surface area contributed by atoms with Gasteiger partial charge in [0.05, 0.1) is 0 Å². The van der Waals surface area contributed by atoms with Gasteiger partial charge in [-0.25, -0.2) is 9.97 Å². The first kappa shape index (κ1) is 16.7. The van der Waals surface area contributed by atoms with Crippen LogP contribution in [0.4, 0.5) is 11.6 Å². The molecule has 1 heterocycles. The summed E-state index contributed by atoms with van der Waals surface area (Å²) in [7, 11) is 0. The molecule has 1 unspecified atom stereocenters. The zero-order valence-electron chi connectivity index (χ0n) is 13.1. The Morgan fingerprint density at radius 3 is 2.50 bits per heavy atom. The number of aromatic nitrogens is 2. The Kier molecular flexibility index (Phi) is 7.30. The Hall–Kier alpha value is -1.36. The lowest BCUT2D eigenvalue weighted by Crippen LogP contribution is -2.19. The van der Waals surface area contributed by atoms with Crippen molar-refractivity contribution in [1.82, 2.24) is 9.97 Å². The first-order valence-electron chi connectivity index (χ1n) is 7.56. The molecule has 114 valence electrons. The molecule has 0 aliphatic heterocycles. The van der Waals surface area contributed by atoms with Gasteiger partial charge >= 0.3 is 0 Å². The number of hydrogen-bond donors (Lipinski definition) is 3. The molecule has 3 N–H and O–H groups in total. The second-order valence-corrected chi connectivity index (χ2v) is 5.48. The highest BCUT2D eigenvalue weighted by atomic mass is 16.2. The lowest BCUT2D eigenvalue weighted by molar-refractivity contribution is 0.282. The minimum absolute atomic E-state index is 0.232. The highest BCUT2D eigenvalue weighted by Gasteiger charge is 2.16. The van der Waals surface area contributed by atoms with E-state index >= 15 is 0 Å². The fourth-order valence-electron chi connectivity index (χ4n) is 2.14. The summed E-state index contributed by atoms with van der Waals surface area (Å²) in [4.78, 5) is 8.76. The van der Waals surface area contributed by atoms with Crippen LogP contribution in [0.3, 0.4) is 0 Å². The van der Waals surface area contributed by atoms with Gasteiger partial charge in [0.15, 0.2) is 0 Å². The van der Waals surface area contributed by atoms with Gasteiger partial charge in [-0.1, -0.05) is 20.8 Å². The summed E-state index contributed by atoms with van der Waals surface area (Å²) < 4.78 is 0. The highest BCUT2D eigenvalue weighted by molar-refractivity contribution is 5.59. The summed E-state index contributed by atoms with van der Waals surface area (Å²) in [5, 5.41) is 15.7. The lowest BCUT2D eigenvalue weighted by Gasteiger charge is -2.20. The van der Waals surface area contributed by atoms with E-state index in [-0.39, 0.29) is 12.6 Å². The van der Waals surface area contributed by atoms with E-state index in [1.807, 2.05) is 0 Å². The summed E-state index contributed by atoms with van der Waals surface area (Å²) >= 11 is 0. The van der Waals surface area contributed by atoms with Gasteiger partial charge in [0.2, 0.25) is 0 Å². The quantitative estimate of drug-likeness (QED) is 0.648. The van der Waals surface area contributed by atoms with E-state index in [4.69, 9.17) is 5.11 Å². The van der Waals surface area contributed by atoms with E-state index in [1.54, 1.807) is 6.33 Å². The average Bonchev–Trinajstić information content (AvgIpc) is 2.42. The maximum atomic E-state index is 8.90. The Bertz CT molecular complexity index is 395. The maximum Gasteiger partial charge on any atom is 0.135 e. The molecule has 5 nitrogen and oxygen atoms in total. The van der Waals surface area contributed by atoms with Crippen LogP contribution in [-0.4, -0.2) is 34.3 Å². The van der Waals surface area contributed by atoms with E-state index in [2.05, 4.69) is 48.3 Å². The van der Waals surface area contributed by atoms with Crippen LogP contribution in [0, 0.1) is 0 Å². The summed E-state index contributed by atoms with van der Waals surface area (Å²) in [6.45, 7) is 9.70. The second kappa shape index (κ2) is 8.74. The molecule has 20 heavy (non-hydrogen) atoms. The maximum absolute atomic E-state index is 8.90. The number of nitrogens with one attached hydrogen (secondary N) is 2. The van der Waals surface area contributed by atoms with E-state index < -0.39 is 0 Å². The highest BCUT2D eigenvalue weighted by Crippen LogP contribution is 2.28. The van der Waals surface area contributed by atoms with Crippen LogP contribution in [0.25, 0.3) is 0 Å². The first-order valence-corrected chi connectivity index (χ1v) is 7.56. The van der Waals surface area contributed by atoms with Crippen LogP contribution >= 0.6 is 0 Å². The van der Waals surface area contributed by atoms with Gasteiger partial charge in [-0.2, -0.15) is 0 Å². The molecule has 0 spiro atoms. The van der Waals surface area contributed by atoms with Gasteiger partial charge in [-0.3, -0.25) is 0 Å². The van der Waals surface area contributed by atoms with Crippen molar-refractivity contribution in [3.63, 3.8) is 0 Å². The molecule has 1 atom stereocenters. The molecule has 1 aromatic rings. The summed E-state index contributed by atoms with van der Waals surface area (Å²) in [6.07, 6.45) is 4.40. The number of rotatable bonds is 9. The Morgan fingerprint density at radius 2 is 1.90 bits per heavy atom. The minimum atomic E-state index is 0.232. The van der Waals surface area contributed by atoms with E-state index in [1.165, 1.54) is 0 Å². The summed E-state index contributed by atoms with van der Waals surface area (Å²) in [5.41, 5.74) is 1.14. The van der Waals surface area contributed by atoms with Crippen LogP contribution in [0.5, 0.6) is 0 Å². The van der Waals surface area contributed by atoms with Crippen LogP contribution < -0.4 is 10.6 Å². The third-order valence-corrected chi connectivity index (χ3v) is 3.18. The fraction of sp³-hybridized carbons (Fsp3) is 0.733. The monoisotopic (exact) mass is 280 g/mol.